The number of unbranched alkanes of at least 4 members (excludes halogenated alkanes) is 1. The summed E-state index contributed by atoms with van der Waals surface area (Å²) < 4.78 is 0. The molecule has 3 nitrogen and oxygen atoms in total. The number of nitrogens with zero attached hydrogens (tertiary/aromatic N) is 1. The molecule has 1 aliphatic rings. The molecular weight excluding hydrogens is 337 g/mol. The van der Waals surface area contributed by atoms with Gasteiger partial charge in [-0.05, 0) is 37.0 Å². The van der Waals surface area contributed by atoms with Crippen molar-refractivity contribution in [3.8, 4) is 0 Å². The zero-order chi connectivity index (χ0) is 12.7. The van der Waals surface area contributed by atoms with E-state index in [0.717, 1.165) is 25.0 Å². The maximum Gasteiger partial charge on any atom is 0.190 e. The average Bonchev–Trinajstić information content (AvgIpc) is 3.04. The Morgan fingerprint density at radius 2 is 1.83 bits per heavy atom. The number of hydrogen-bond donors (Lipinski definition) is 2. The molecule has 0 atom stereocenters. The number of aliphatic imine (C=N–C) groups is 1. The summed E-state index contributed by atoms with van der Waals surface area (Å²) in [6.45, 7) is 9.02. The smallest absolute Gasteiger partial charge is 0.190 e. The van der Waals surface area contributed by atoms with Crippen molar-refractivity contribution in [2.75, 3.05) is 20.1 Å². The number of hydrogen-bond acceptors (Lipinski definition) is 1. The van der Waals surface area contributed by atoms with Gasteiger partial charge in [0.1, 0.15) is 0 Å². The predicted octanol–water partition coefficient (Wildman–Crippen LogP) is 3.40. The van der Waals surface area contributed by atoms with Crippen LogP contribution in [0, 0.1) is 11.3 Å². The van der Waals surface area contributed by atoms with E-state index in [0.29, 0.717) is 5.41 Å². The highest BCUT2D eigenvalue weighted by molar-refractivity contribution is 14.0. The van der Waals surface area contributed by atoms with Gasteiger partial charge in [0.25, 0.3) is 0 Å². The van der Waals surface area contributed by atoms with Crippen LogP contribution in [0.2, 0.25) is 0 Å². The Morgan fingerprint density at radius 1 is 1.17 bits per heavy atom. The topological polar surface area (TPSA) is 36.4 Å². The fourth-order valence-electron chi connectivity index (χ4n) is 1.77. The van der Waals surface area contributed by atoms with E-state index in [4.69, 9.17) is 0 Å². The lowest BCUT2D eigenvalue weighted by Crippen LogP contribution is -2.38. The van der Waals surface area contributed by atoms with Crippen LogP contribution in [0.3, 0.4) is 0 Å². The first-order chi connectivity index (χ1) is 8.01. The van der Waals surface area contributed by atoms with Gasteiger partial charge >= 0.3 is 0 Å². The van der Waals surface area contributed by atoms with Crippen molar-refractivity contribution in [1.29, 1.82) is 0 Å². The minimum atomic E-state index is 0. The highest BCUT2D eigenvalue weighted by Gasteiger charge is 2.20. The minimum absolute atomic E-state index is 0. The van der Waals surface area contributed by atoms with E-state index >= 15 is 0 Å². The number of halogens is 1. The van der Waals surface area contributed by atoms with Gasteiger partial charge in [0.2, 0.25) is 0 Å². The molecule has 0 aromatic heterocycles. The normalized spacial score (nSPS) is 16.1. The highest BCUT2D eigenvalue weighted by Crippen LogP contribution is 2.27. The second kappa shape index (κ2) is 8.99. The molecule has 0 bridgehead atoms. The average molecular weight is 367 g/mol. The first-order valence-corrected chi connectivity index (χ1v) is 6.96. The number of guanidine groups is 1. The Hall–Kier alpha value is 0. The third-order valence-corrected chi connectivity index (χ3v) is 3.12. The van der Waals surface area contributed by atoms with Gasteiger partial charge in [0, 0.05) is 20.1 Å². The van der Waals surface area contributed by atoms with E-state index in [-0.39, 0.29) is 24.0 Å². The fourth-order valence-corrected chi connectivity index (χ4v) is 1.77. The van der Waals surface area contributed by atoms with Gasteiger partial charge in [-0.25, -0.2) is 0 Å². The Kier molecular flexibility index (Phi) is 8.99. The molecule has 108 valence electrons. The van der Waals surface area contributed by atoms with Crippen LogP contribution < -0.4 is 10.6 Å². The molecule has 18 heavy (non-hydrogen) atoms. The molecule has 1 rings (SSSR count). The predicted molar refractivity (Wildman–Crippen MR) is 90.8 cm³/mol. The van der Waals surface area contributed by atoms with E-state index in [2.05, 4.69) is 36.4 Å². The lowest BCUT2D eigenvalue weighted by molar-refractivity contribution is 0.360. The van der Waals surface area contributed by atoms with Crippen LogP contribution in [0.1, 0.15) is 52.9 Å². The molecule has 0 aromatic rings. The lowest BCUT2D eigenvalue weighted by Gasteiger charge is -2.18. The molecule has 0 amide bonds. The Bertz CT molecular complexity index is 242. The minimum Gasteiger partial charge on any atom is -0.356 e. The zero-order valence-corrected chi connectivity index (χ0v) is 14.7. The highest BCUT2D eigenvalue weighted by atomic mass is 127. The Morgan fingerprint density at radius 3 is 2.33 bits per heavy atom. The fraction of sp³-hybridized carbons (Fsp3) is 0.929. The summed E-state index contributed by atoms with van der Waals surface area (Å²) in [6.07, 6.45) is 6.57. The van der Waals surface area contributed by atoms with Gasteiger partial charge in [-0.1, -0.05) is 27.2 Å². The molecule has 0 spiro atoms. The lowest BCUT2D eigenvalue weighted by atomic mass is 9.90. The standard InChI is InChI=1S/C14H29N3.HI/c1-14(2,3)9-5-6-10-16-13(15-4)17-11-12-7-8-12;/h12H,5-11H2,1-4H3,(H2,15,16,17);1H. The summed E-state index contributed by atoms with van der Waals surface area (Å²) in [5.74, 6) is 1.86. The molecule has 1 aliphatic carbocycles. The van der Waals surface area contributed by atoms with E-state index in [1.807, 2.05) is 7.05 Å². The SMILES string of the molecule is CN=C(NCCCCC(C)(C)C)NCC1CC1.I. The van der Waals surface area contributed by atoms with Crippen molar-refractivity contribution in [1.82, 2.24) is 10.6 Å². The molecule has 1 fully saturated rings. The van der Waals surface area contributed by atoms with Crippen molar-refractivity contribution in [2.24, 2.45) is 16.3 Å². The summed E-state index contributed by atoms with van der Waals surface area (Å²) in [7, 11) is 1.84. The van der Waals surface area contributed by atoms with Crippen molar-refractivity contribution < 1.29 is 0 Å². The third-order valence-electron chi connectivity index (χ3n) is 3.12. The Balaban J connectivity index is 0.00000289. The van der Waals surface area contributed by atoms with E-state index in [1.165, 1.54) is 32.1 Å². The quantitative estimate of drug-likeness (QED) is 0.327. The number of rotatable bonds is 6. The molecule has 0 heterocycles. The second-order valence-electron chi connectivity index (χ2n) is 6.34. The van der Waals surface area contributed by atoms with E-state index < -0.39 is 0 Å². The van der Waals surface area contributed by atoms with Gasteiger partial charge in [0.05, 0.1) is 0 Å². The molecule has 0 aromatic carbocycles. The zero-order valence-electron chi connectivity index (χ0n) is 12.4. The van der Waals surface area contributed by atoms with Gasteiger partial charge in [-0.3, -0.25) is 4.99 Å². The van der Waals surface area contributed by atoms with Gasteiger partial charge in [-0.15, -0.1) is 24.0 Å². The maximum absolute atomic E-state index is 4.23. The largest absolute Gasteiger partial charge is 0.356 e. The van der Waals surface area contributed by atoms with Crippen LogP contribution in [0.4, 0.5) is 0 Å². The summed E-state index contributed by atoms with van der Waals surface area (Å²) in [4.78, 5) is 4.23. The molecule has 1 saturated carbocycles. The van der Waals surface area contributed by atoms with Crippen LogP contribution in [0.15, 0.2) is 4.99 Å². The molecule has 0 saturated heterocycles. The van der Waals surface area contributed by atoms with Crippen LogP contribution in [-0.4, -0.2) is 26.1 Å². The van der Waals surface area contributed by atoms with Crippen molar-refractivity contribution >= 4 is 29.9 Å². The van der Waals surface area contributed by atoms with Crippen LogP contribution in [0.5, 0.6) is 0 Å². The van der Waals surface area contributed by atoms with E-state index in [1.54, 1.807) is 0 Å². The molecule has 2 N–H and O–H groups in total. The molecule has 4 heteroatoms. The second-order valence-corrected chi connectivity index (χ2v) is 6.34. The molecular formula is C14H30IN3. The van der Waals surface area contributed by atoms with Crippen LogP contribution >= 0.6 is 24.0 Å². The summed E-state index contributed by atoms with van der Waals surface area (Å²) >= 11 is 0. The monoisotopic (exact) mass is 367 g/mol. The third kappa shape index (κ3) is 9.97. The van der Waals surface area contributed by atoms with E-state index in [9.17, 15) is 0 Å². The maximum atomic E-state index is 4.23. The summed E-state index contributed by atoms with van der Waals surface area (Å²) in [6, 6.07) is 0. The molecule has 0 radical (unpaired) electrons. The van der Waals surface area contributed by atoms with Gasteiger partial charge < -0.3 is 10.6 Å². The summed E-state index contributed by atoms with van der Waals surface area (Å²) in [5.41, 5.74) is 0.464. The number of nitrogens with one attached hydrogen (secondary N) is 2. The van der Waals surface area contributed by atoms with Gasteiger partial charge in [-0.2, -0.15) is 0 Å². The van der Waals surface area contributed by atoms with Gasteiger partial charge in [0.15, 0.2) is 5.96 Å². The first-order valence-electron chi connectivity index (χ1n) is 6.96. The summed E-state index contributed by atoms with van der Waals surface area (Å²) in [5, 5.41) is 6.76. The van der Waals surface area contributed by atoms with Crippen LogP contribution in [-0.2, 0) is 0 Å². The molecule has 0 unspecified atom stereocenters. The van der Waals surface area contributed by atoms with Crippen molar-refractivity contribution in [3.63, 3.8) is 0 Å². The molecule has 0 aliphatic heterocycles. The van der Waals surface area contributed by atoms with Crippen LogP contribution in [0.25, 0.3) is 0 Å². The van der Waals surface area contributed by atoms with Crippen molar-refractivity contribution in [2.45, 2.75) is 52.9 Å². The Labute approximate surface area is 130 Å². The van der Waals surface area contributed by atoms with Crippen molar-refractivity contribution in [3.05, 3.63) is 0 Å². The first kappa shape index (κ1) is 18.0.